The number of fused-ring (bicyclic) bond motifs is 1. The molecule has 154 valence electrons. The maximum atomic E-state index is 14.2. The van der Waals surface area contributed by atoms with Gasteiger partial charge in [0.25, 0.3) is 0 Å². The summed E-state index contributed by atoms with van der Waals surface area (Å²) in [5.74, 6) is -1.50. The predicted octanol–water partition coefficient (Wildman–Crippen LogP) is -0.592. The van der Waals surface area contributed by atoms with Crippen LogP contribution < -0.4 is 21.4 Å². The number of rotatable bonds is 6. The SMILES string of the molecule is NCc1cc(CC(=O)NC2Cc3cccc(C(O)O)c3OB2O)cc(F)c1CN. The molecular formula is C19H23BFN3O5. The lowest BCUT2D eigenvalue weighted by Gasteiger charge is -2.29. The van der Waals surface area contributed by atoms with Crippen LogP contribution in [-0.2, 0) is 30.7 Å². The van der Waals surface area contributed by atoms with E-state index in [2.05, 4.69) is 5.32 Å². The summed E-state index contributed by atoms with van der Waals surface area (Å²) in [5.41, 5.74) is 13.2. The molecule has 1 amide bonds. The fourth-order valence-electron chi connectivity index (χ4n) is 3.49. The van der Waals surface area contributed by atoms with Crippen molar-refractivity contribution in [3.8, 4) is 5.75 Å². The van der Waals surface area contributed by atoms with Crippen molar-refractivity contribution >= 4 is 13.0 Å². The molecular weight excluding hydrogens is 380 g/mol. The zero-order chi connectivity index (χ0) is 21.1. The number of hydrogen-bond donors (Lipinski definition) is 6. The van der Waals surface area contributed by atoms with Crippen LogP contribution in [0.1, 0.15) is 34.1 Å². The lowest BCUT2D eigenvalue weighted by Crippen LogP contribution is -2.53. The van der Waals surface area contributed by atoms with Gasteiger partial charge in [-0.05, 0) is 29.2 Å². The lowest BCUT2D eigenvalue weighted by molar-refractivity contribution is -0.120. The summed E-state index contributed by atoms with van der Waals surface area (Å²) in [6.07, 6.45) is -1.62. The largest absolute Gasteiger partial charge is 0.547 e. The van der Waals surface area contributed by atoms with Gasteiger partial charge in [0.15, 0.2) is 6.29 Å². The molecule has 1 aliphatic rings. The van der Waals surface area contributed by atoms with E-state index in [4.69, 9.17) is 16.1 Å². The average Bonchev–Trinajstić information content (AvgIpc) is 2.67. The second-order valence-corrected chi connectivity index (χ2v) is 6.90. The molecule has 2 aromatic rings. The van der Waals surface area contributed by atoms with E-state index < -0.39 is 31.1 Å². The molecule has 8 N–H and O–H groups in total. The number of halogens is 1. The minimum atomic E-state index is -1.74. The van der Waals surface area contributed by atoms with Crippen molar-refractivity contribution in [1.29, 1.82) is 0 Å². The van der Waals surface area contributed by atoms with Crippen LogP contribution in [0.3, 0.4) is 0 Å². The lowest BCUT2D eigenvalue weighted by atomic mass is 9.72. The molecule has 10 heteroatoms. The van der Waals surface area contributed by atoms with Crippen molar-refractivity contribution in [2.24, 2.45) is 11.5 Å². The van der Waals surface area contributed by atoms with Gasteiger partial charge in [-0.2, -0.15) is 0 Å². The van der Waals surface area contributed by atoms with Gasteiger partial charge < -0.3 is 36.7 Å². The zero-order valence-electron chi connectivity index (χ0n) is 15.6. The smallest absolute Gasteiger partial charge is 0.534 e. The summed E-state index contributed by atoms with van der Waals surface area (Å²) in [6.45, 7) is 0.115. The number of amides is 1. The number of benzene rings is 2. The van der Waals surface area contributed by atoms with Gasteiger partial charge in [0.1, 0.15) is 11.6 Å². The van der Waals surface area contributed by atoms with Crippen LogP contribution in [0.4, 0.5) is 4.39 Å². The minimum Gasteiger partial charge on any atom is -0.534 e. The third-order valence-electron chi connectivity index (χ3n) is 4.91. The first-order chi connectivity index (χ1) is 13.8. The van der Waals surface area contributed by atoms with E-state index in [9.17, 15) is 24.4 Å². The van der Waals surface area contributed by atoms with Crippen molar-refractivity contribution < 1.29 is 29.1 Å². The average molecular weight is 403 g/mol. The summed E-state index contributed by atoms with van der Waals surface area (Å²) >= 11 is 0. The Kier molecular flexibility index (Phi) is 6.51. The van der Waals surface area contributed by atoms with Crippen LogP contribution in [0.25, 0.3) is 0 Å². The van der Waals surface area contributed by atoms with E-state index in [-0.39, 0.29) is 37.2 Å². The first-order valence-electron chi connectivity index (χ1n) is 9.16. The standard InChI is InChI=1S/C19H23BFN3O5/c21-15-5-10(4-12(8-22)14(15)9-23)6-17(25)24-16-7-11-2-1-3-13(19(26)27)18(11)29-20(16)28/h1-5,16,19,26-28H,6-9,22-23H2,(H,24,25). The van der Waals surface area contributed by atoms with E-state index in [1.165, 1.54) is 12.1 Å². The van der Waals surface area contributed by atoms with Gasteiger partial charge in [0, 0.05) is 24.2 Å². The third kappa shape index (κ3) is 4.57. The molecule has 0 aliphatic carbocycles. The molecule has 2 aromatic carbocycles. The van der Waals surface area contributed by atoms with Crippen LogP contribution >= 0.6 is 0 Å². The monoisotopic (exact) mass is 403 g/mol. The Labute approximate surface area is 167 Å². The Morgan fingerprint density at radius 1 is 1.31 bits per heavy atom. The van der Waals surface area contributed by atoms with Gasteiger partial charge in [-0.3, -0.25) is 4.79 Å². The number of aliphatic hydroxyl groups excluding tert-OH is 1. The molecule has 3 rings (SSSR count). The highest BCUT2D eigenvalue weighted by atomic mass is 19.1. The van der Waals surface area contributed by atoms with E-state index in [1.54, 1.807) is 18.2 Å². The Hall–Kier alpha value is -2.50. The normalized spacial score (nSPS) is 15.8. The van der Waals surface area contributed by atoms with Gasteiger partial charge in [-0.25, -0.2) is 4.39 Å². The molecule has 0 spiro atoms. The summed E-state index contributed by atoms with van der Waals surface area (Å²) < 4.78 is 19.6. The minimum absolute atomic E-state index is 0.0143. The summed E-state index contributed by atoms with van der Waals surface area (Å²) in [5, 5.41) is 31.8. The first-order valence-corrected chi connectivity index (χ1v) is 9.16. The van der Waals surface area contributed by atoms with E-state index in [1.807, 2.05) is 0 Å². The number of para-hydroxylation sites is 1. The molecule has 0 saturated carbocycles. The van der Waals surface area contributed by atoms with Crippen LogP contribution in [0.5, 0.6) is 5.75 Å². The quantitative estimate of drug-likeness (QED) is 0.279. The van der Waals surface area contributed by atoms with Crippen LogP contribution in [-0.4, -0.2) is 34.2 Å². The molecule has 0 radical (unpaired) electrons. The number of nitrogens with one attached hydrogen (secondary N) is 1. The van der Waals surface area contributed by atoms with Gasteiger partial charge in [-0.1, -0.05) is 24.3 Å². The van der Waals surface area contributed by atoms with Crippen LogP contribution in [0.2, 0.25) is 0 Å². The fraction of sp³-hybridized carbons (Fsp3) is 0.316. The van der Waals surface area contributed by atoms with Crippen molar-refractivity contribution in [2.45, 2.75) is 38.2 Å². The Morgan fingerprint density at radius 3 is 2.72 bits per heavy atom. The topological polar surface area (TPSA) is 151 Å². The Bertz CT molecular complexity index is 912. The van der Waals surface area contributed by atoms with Crippen LogP contribution in [0, 0.1) is 5.82 Å². The summed E-state index contributed by atoms with van der Waals surface area (Å²) in [4.78, 5) is 12.4. The number of nitrogens with two attached hydrogens (primary N) is 2. The van der Waals surface area contributed by atoms with Gasteiger partial charge in [-0.15, -0.1) is 0 Å². The third-order valence-corrected chi connectivity index (χ3v) is 4.91. The maximum Gasteiger partial charge on any atom is 0.547 e. The molecule has 1 aliphatic heterocycles. The molecule has 29 heavy (non-hydrogen) atoms. The van der Waals surface area contributed by atoms with E-state index in [0.717, 1.165) is 0 Å². The fourth-order valence-corrected chi connectivity index (χ4v) is 3.49. The molecule has 0 saturated heterocycles. The molecule has 1 heterocycles. The van der Waals surface area contributed by atoms with Crippen molar-refractivity contribution in [1.82, 2.24) is 5.32 Å². The van der Waals surface area contributed by atoms with Crippen molar-refractivity contribution in [3.63, 3.8) is 0 Å². The van der Waals surface area contributed by atoms with Gasteiger partial charge in [0.05, 0.1) is 12.4 Å². The molecule has 0 fully saturated rings. The van der Waals surface area contributed by atoms with Gasteiger partial charge >= 0.3 is 7.12 Å². The van der Waals surface area contributed by atoms with E-state index in [0.29, 0.717) is 22.3 Å². The van der Waals surface area contributed by atoms with Gasteiger partial charge in [0.2, 0.25) is 5.91 Å². The Balaban J connectivity index is 1.72. The first kappa shape index (κ1) is 21.2. The predicted molar refractivity (Wildman–Crippen MR) is 104 cm³/mol. The van der Waals surface area contributed by atoms with E-state index >= 15 is 0 Å². The number of carbonyl (C=O) groups excluding carboxylic acids is 1. The second-order valence-electron chi connectivity index (χ2n) is 6.90. The zero-order valence-corrected chi connectivity index (χ0v) is 15.6. The highest BCUT2D eigenvalue weighted by Gasteiger charge is 2.37. The summed E-state index contributed by atoms with van der Waals surface area (Å²) in [7, 11) is -1.37. The second kappa shape index (κ2) is 8.89. The number of hydrogen-bond acceptors (Lipinski definition) is 7. The molecule has 1 unspecified atom stereocenters. The maximum absolute atomic E-state index is 14.2. The molecule has 0 bridgehead atoms. The van der Waals surface area contributed by atoms with Crippen molar-refractivity contribution in [2.75, 3.05) is 0 Å². The number of aliphatic hydroxyl groups is 2. The molecule has 1 atom stereocenters. The number of carbonyl (C=O) groups is 1. The summed E-state index contributed by atoms with van der Waals surface area (Å²) in [6, 6.07) is 7.70. The highest BCUT2D eigenvalue weighted by molar-refractivity contribution is 6.46. The highest BCUT2D eigenvalue weighted by Crippen LogP contribution is 2.33. The van der Waals surface area contributed by atoms with Crippen molar-refractivity contribution in [3.05, 3.63) is 64.0 Å². The van der Waals surface area contributed by atoms with Crippen LogP contribution in [0.15, 0.2) is 30.3 Å². The Morgan fingerprint density at radius 2 is 2.07 bits per heavy atom. The molecule has 0 aromatic heterocycles. The molecule has 8 nitrogen and oxygen atoms in total.